The number of carboxylic acids is 1. The third-order valence-corrected chi connectivity index (χ3v) is 13.6. The highest BCUT2D eigenvalue weighted by atomic mass is 16.4. The Kier molecular flexibility index (Phi) is 36.5. The van der Waals surface area contributed by atoms with Crippen molar-refractivity contribution in [3.63, 3.8) is 0 Å². The minimum atomic E-state index is -1.66. The zero-order valence-corrected chi connectivity index (χ0v) is 50.6. The van der Waals surface area contributed by atoms with Gasteiger partial charge < -0.3 is 63.6 Å². The number of amides is 8. The molecule has 0 aliphatic rings. The molecule has 11 unspecified atom stereocenters. The Morgan fingerprint density at radius 3 is 1.28 bits per heavy atom. The van der Waals surface area contributed by atoms with E-state index in [0.29, 0.717) is 25.0 Å². The molecule has 0 saturated heterocycles. The molecule has 0 saturated carbocycles. The van der Waals surface area contributed by atoms with Crippen LogP contribution in [0.15, 0.2) is 12.3 Å². The number of rotatable bonds is 43. The van der Waals surface area contributed by atoms with Crippen LogP contribution in [-0.4, -0.2) is 129 Å². The molecule has 21 nitrogen and oxygen atoms in total. The van der Waals surface area contributed by atoms with Crippen LogP contribution in [0.1, 0.15) is 206 Å². The smallest absolute Gasteiger partial charge is 0.326 e. The maximum absolute atomic E-state index is 14.3. The largest absolute Gasteiger partial charge is 0.480 e. The average Bonchev–Trinajstić information content (AvgIpc) is 3.33. The van der Waals surface area contributed by atoms with Gasteiger partial charge in [0.25, 0.3) is 0 Å². The van der Waals surface area contributed by atoms with E-state index in [1.54, 1.807) is 27.7 Å². The van der Waals surface area contributed by atoms with Crippen LogP contribution < -0.4 is 48.3 Å². The summed E-state index contributed by atoms with van der Waals surface area (Å²) >= 11 is 0. The fourth-order valence-corrected chi connectivity index (χ4v) is 9.03. The molecule has 0 heterocycles. The quantitative estimate of drug-likeness (QED) is 0.0367. The third kappa shape index (κ3) is 31.9. The number of hydrogen-bond donors (Lipinski definition) is 12. The van der Waals surface area contributed by atoms with Crippen molar-refractivity contribution in [3.8, 4) is 0 Å². The molecule has 456 valence electrons. The Morgan fingerprint density at radius 2 is 0.823 bits per heavy atom. The molecular formula is C58H107N9O12. The van der Waals surface area contributed by atoms with Gasteiger partial charge in [-0.25, -0.2) is 4.79 Å². The predicted molar refractivity (Wildman–Crippen MR) is 307 cm³/mol. The van der Waals surface area contributed by atoms with Crippen molar-refractivity contribution in [1.29, 1.82) is 0 Å². The van der Waals surface area contributed by atoms with Crippen LogP contribution in [0.2, 0.25) is 0 Å². The van der Waals surface area contributed by atoms with Gasteiger partial charge in [-0.1, -0.05) is 148 Å². The number of carboxylic acid groups (broad SMARTS) is 1. The molecule has 0 rings (SSSR count). The number of nitrogens with two attached hydrogens (primary N) is 1. The number of nitrogens with one attached hydrogen (secondary N) is 8. The molecule has 13 N–H and O–H groups in total. The fraction of sp³-hybridized carbons (Fsp3) is 0.810. The summed E-state index contributed by atoms with van der Waals surface area (Å²) in [5.74, 6) is -7.99. The lowest BCUT2D eigenvalue weighted by Crippen LogP contribution is -2.62. The molecular weight excluding hydrogens is 1010 g/mol. The number of aliphatic carboxylic acids is 1. The first-order valence-electron chi connectivity index (χ1n) is 29.3. The lowest BCUT2D eigenvalue weighted by molar-refractivity contribution is -0.143. The minimum absolute atomic E-state index is 0.0236. The van der Waals surface area contributed by atoms with Gasteiger partial charge >= 0.3 is 5.97 Å². The molecule has 0 bridgehead atoms. The monoisotopic (exact) mass is 1120 g/mol. The number of hydrogen-bond acceptors (Lipinski definition) is 12. The predicted octanol–water partition coefficient (Wildman–Crippen LogP) is 4.75. The maximum Gasteiger partial charge on any atom is 0.326 e. The summed E-state index contributed by atoms with van der Waals surface area (Å²) in [6.45, 7) is 29.7. The van der Waals surface area contributed by atoms with E-state index in [9.17, 15) is 58.5 Å². The Morgan fingerprint density at radius 1 is 0.443 bits per heavy atom. The normalized spacial score (nSPS) is 15.8. The van der Waals surface area contributed by atoms with Crippen molar-refractivity contribution < 1.29 is 58.5 Å². The van der Waals surface area contributed by atoms with E-state index in [1.165, 1.54) is 26.2 Å². The van der Waals surface area contributed by atoms with Crippen LogP contribution >= 0.6 is 0 Å². The van der Waals surface area contributed by atoms with E-state index in [1.807, 2.05) is 55.4 Å². The summed E-state index contributed by atoms with van der Waals surface area (Å²) in [5, 5.41) is 53.4. The van der Waals surface area contributed by atoms with Crippen LogP contribution in [0.3, 0.4) is 0 Å². The Balaban J connectivity index is 6.55. The minimum Gasteiger partial charge on any atom is -0.480 e. The topological polar surface area (TPSA) is 337 Å². The van der Waals surface area contributed by atoms with Crippen LogP contribution in [0.25, 0.3) is 0 Å². The summed E-state index contributed by atoms with van der Waals surface area (Å²) in [6.07, 6.45) is 6.52. The van der Waals surface area contributed by atoms with E-state index in [4.69, 9.17) is 5.73 Å². The van der Waals surface area contributed by atoms with Crippen molar-refractivity contribution in [2.75, 3.05) is 0 Å². The zero-order valence-electron chi connectivity index (χ0n) is 50.6. The lowest BCUT2D eigenvalue weighted by atomic mass is 9.95. The maximum atomic E-state index is 14.3. The van der Waals surface area contributed by atoms with E-state index >= 15 is 0 Å². The molecule has 11 atom stereocenters. The molecule has 79 heavy (non-hydrogen) atoms. The summed E-state index contributed by atoms with van der Waals surface area (Å²) in [5.41, 5.74) is 5.86. The number of unbranched alkanes of at least 4 members (excludes halogenated alkanes) is 6. The second kappa shape index (κ2) is 39.1. The van der Waals surface area contributed by atoms with Gasteiger partial charge in [0.2, 0.25) is 47.3 Å². The number of carbonyl (C=O) groups is 9. The van der Waals surface area contributed by atoms with E-state index < -0.39 is 114 Å². The number of aliphatic hydroxyl groups excluding tert-OH is 2. The highest BCUT2D eigenvalue weighted by Gasteiger charge is 2.37. The molecule has 21 heteroatoms. The second-order valence-corrected chi connectivity index (χ2v) is 23.9. The number of aliphatic hydroxyl groups is 2. The fourth-order valence-electron chi connectivity index (χ4n) is 9.03. The third-order valence-electron chi connectivity index (χ3n) is 13.6. The summed E-state index contributed by atoms with van der Waals surface area (Å²) < 4.78 is 0. The molecule has 0 fully saturated rings. The van der Waals surface area contributed by atoms with Crippen LogP contribution in [0.5, 0.6) is 0 Å². The number of primary amides is 1. The van der Waals surface area contributed by atoms with E-state index in [2.05, 4.69) is 56.0 Å². The van der Waals surface area contributed by atoms with Crippen molar-refractivity contribution in [1.82, 2.24) is 42.5 Å². The molecule has 0 spiro atoms. The van der Waals surface area contributed by atoms with E-state index in [-0.39, 0.29) is 80.4 Å². The molecule has 8 amide bonds. The highest BCUT2D eigenvalue weighted by Crippen LogP contribution is 2.18. The van der Waals surface area contributed by atoms with Gasteiger partial charge in [0, 0.05) is 12.1 Å². The number of carbonyl (C=O) groups excluding carboxylic acids is 8. The van der Waals surface area contributed by atoms with E-state index in [0.717, 1.165) is 25.7 Å². The van der Waals surface area contributed by atoms with Gasteiger partial charge in [-0.3, -0.25) is 38.4 Å². The lowest BCUT2D eigenvalue weighted by Gasteiger charge is -2.31. The zero-order chi connectivity index (χ0) is 60.7. The average molecular weight is 1120 g/mol. The van der Waals surface area contributed by atoms with Crippen molar-refractivity contribution in [2.45, 2.75) is 267 Å². The highest BCUT2D eigenvalue weighted by molar-refractivity contribution is 5.97. The first kappa shape index (κ1) is 73.7. The summed E-state index contributed by atoms with van der Waals surface area (Å²) in [4.78, 5) is 122. The summed E-state index contributed by atoms with van der Waals surface area (Å²) in [6, 6.07) is -9.65. The van der Waals surface area contributed by atoms with Gasteiger partial charge in [-0.05, 0) is 87.4 Å². The first-order chi connectivity index (χ1) is 36.8. The first-order valence-corrected chi connectivity index (χ1v) is 29.3. The Bertz CT molecular complexity index is 1910. The van der Waals surface area contributed by atoms with Gasteiger partial charge in [0.1, 0.15) is 42.3 Å². The van der Waals surface area contributed by atoms with Gasteiger partial charge in [-0.2, -0.15) is 0 Å². The van der Waals surface area contributed by atoms with Crippen molar-refractivity contribution >= 4 is 53.2 Å². The van der Waals surface area contributed by atoms with Gasteiger partial charge in [-0.15, -0.1) is 0 Å². The molecule has 0 aromatic rings. The molecule has 0 aliphatic carbocycles. The van der Waals surface area contributed by atoms with Crippen LogP contribution in [0.4, 0.5) is 0 Å². The molecule has 0 aromatic heterocycles. The molecule has 0 aliphatic heterocycles. The second-order valence-electron chi connectivity index (χ2n) is 23.9. The summed E-state index contributed by atoms with van der Waals surface area (Å²) in [7, 11) is 0. The van der Waals surface area contributed by atoms with Gasteiger partial charge in [0.05, 0.1) is 24.7 Å². The Hall–Kier alpha value is -5.31. The molecule has 0 aromatic carbocycles. The van der Waals surface area contributed by atoms with Crippen molar-refractivity contribution in [2.24, 2.45) is 41.2 Å². The standard InChI is InChI=1S/C58H107N9O12/c1-16-18-19-20-21-22-23-24-41(69)32-49(71)61-43(27-33(3)4)39(14)60-44(28-34(5)6)53(73)62-42(25-26-48(59)70)52(72)63-46(30-36(9)10)55(75)67-51(40(15)68)57(77)66-50(38(13)17-2)56(76)64-45(29-35(7)8)54(74)65-47(58(78)79)31-37(11)12/h33-38,40-47,50-51,60,68-69H,14,16-32H2,1-13,15H3,(H2,59,70)(H,61,71)(H,62,73)(H,63,72)(H,64,76)(H,65,74)(H,66,77)(H,67,75)(H,78,79). The van der Waals surface area contributed by atoms with Crippen LogP contribution in [0, 0.1) is 35.5 Å². The van der Waals surface area contributed by atoms with Gasteiger partial charge in [0.15, 0.2) is 0 Å². The molecule has 0 radical (unpaired) electrons. The Labute approximate surface area is 472 Å². The van der Waals surface area contributed by atoms with Crippen molar-refractivity contribution in [3.05, 3.63) is 12.3 Å². The SMILES string of the molecule is C=C(NC(CC(C)C)C(=O)NC(CCC(N)=O)C(=O)NC(CC(C)C)C(=O)NC(C(=O)NC(C(=O)NC(CC(C)C)C(=O)NC(CC(C)C)C(=O)O)C(C)CC)C(C)O)C(CC(C)C)NC(=O)CC(O)CCCCCCCCC. The van der Waals surface area contributed by atoms with Crippen LogP contribution in [-0.2, 0) is 43.2 Å².